The summed E-state index contributed by atoms with van der Waals surface area (Å²) in [6, 6.07) is 24.9. The van der Waals surface area contributed by atoms with Crippen LogP contribution >= 0.6 is 0 Å². The minimum absolute atomic E-state index is 0.0847. The molecule has 0 bridgehead atoms. The van der Waals surface area contributed by atoms with E-state index in [0.717, 1.165) is 31.7 Å². The maximum Gasteiger partial charge on any atom is 0.218 e. The highest BCUT2D eigenvalue weighted by Crippen LogP contribution is 2.29. The molecule has 5 rings (SSSR count). The number of aryl methyl sites for hydroxylation is 1. The third kappa shape index (κ3) is 4.06. The molecule has 0 radical (unpaired) electrons. The maximum atomic E-state index is 12.8. The van der Waals surface area contributed by atoms with Crippen molar-refractivity contribution in [3.05, 3.63) is 83.9 Å². The van der Waals surface area contributed by atoms with Crippen LogP contribution in [0.15, 0.2) is 72.8 Å². The van der Waals surface area contributed by atoms with Gasteiger partial charge in [0.25, 0.3) is 0 Å². The minimum Gasteiger partial charge on any atom is -0.341 e. The van der Waals surface area contributed by atoms with Crippen LogP contribution in [0.25, 0.3) is 21.8 Å². The lowest BCUT2D eigenvalue weighted by molar-refractivity contribution is -0.917. The fraction of sp³-hybridized carbons (Fsp3) is 0.308. The fourth-order valence-corrected chi connectivity index (χ4v) is 6.51. The van der Waals surface area contributed by atoms with Gasteiger partial charge in [-0.15, -0.1) is 0 Å². The number of nitrogens with zero attached hydrogens (tertiary/aromatic N) is 2. The highest BCUT2D eigenvalue weighted by molar-refractivity contribution is 7.88. The number of benzene rings is 3. The molecule has 0 amide bonds. The molecule has 6 heteroatoms. The lowest BCUT2D eigenvalue weighted by Gasteiger charge is -2.31. The smallest absolute Gasteiger partial charge is 0.218 e. The molecule has 3 aromatic carbocycles. The Hall–Kier alpha value is -2.67. The number of aromatic nitrogens is 1. The predicted octanol–water partition coefficient (Wildman–Crippen LogP) is 3.04. The Morgan fingerprint density at radius 1 is 0.812 bits per heavy atom. The first-order valence-electron chi connectivity index (χ1n) is 11.4. The summed E-state index contributed by atoms with van der Waals surface area (Å²) in [7, 11) is -3.27. The number of para-hydroxylation sites is 1. The van der Waals surface area contributed by atoms with Gasteiger partial charge < -0.3 is 9.47 Å². The molecule has 1 aromatic heterocycles. The summed E-state index contributed by atoms with van der Waals surface area (Å²) >= 11 is 0. The molecule has 1 aliphatic rings. The van der Waals surface area contributed by atoms with Crippen LogP contribution in [0.5, 0.6) is 0 Å². The molecule has 1 aliphatic heterocycles. The second-order valence-corrected chi connectivity index (χ2v) is 10.6. The van der Waals surface area contributed by atoms with Gasteiger partial charge in [0.2, 0.25) is 10.0 Å². The first-order valence-corrected chi connectivity index (χ1v) is 13.0. The van der Waals surface area contributed by atoms with Gasteiger partial charge in [0.05, 0.1) is 31.9 Å². The molecule has 2 heterocycles. The van der Waals surface area contributed by atoms with Crippen molar-refractivity contribution in [3.63, 3.8) is 0 Å². The van der Waals surface area contributed by atoms with E-state index >= 15 is 0 Å². The largest absolute Gasteiger partial charge is 0.341 e. The summed E-state index contributed by atoms with van der Waals surface area (Å²) in [5, 5.41) is 2.61. The predicted molar refractivity (Wildman–Crippen MR) is 130 cm³/mol. The topological polar surface area (TPSA) is 46.8 Å². The zero-order valence-corrected chi connectivity index (χ0v) is 19.3. The Balaban J connectivity index is 1.28. The monoisotopic (exact) mass is 448 g/mol. The van der Waals surface area contributed by atoms with Gasteiger partial charge in [-0.25, -0.2) is 8.42 Å². The summed E-state index contributed by atoms with van der Waals surface area (Å²) in [4.78, 5) is 1.44. The molecule has 1 saturated heterocycles. The van der Waals surface area contributed by atoms with Crippen LogP contribution in [-0.4, -0.2) is 43.5 Å². The van der Waals surface area contributed by atoms with Crippen molar-refractivity contribution >= 4 is 31.8 Å². The molecule has 166 valence electrons. The van der Waals surface area contributed by atoms with Crippen LogP contribution in [0.3, 0.4) is 0 Å². The number of hydrogen-bond acceptors (Lipinski definition) is 2. The van der Waals surface area contributed by atoms with Crippen LogP contribution in [0.4, 0.5) is 0 Å². The second-order valence-electron chi connectivity index (χ2n) is 8.68. The second kappa shape index (κ2) is 8.70. The Morgan fingerprint density at radius 2 is 1.50 bits per heavy atom. The first-order chi connectivity index (χ1) is 15.5. The van der Waals surface area contributed by atoms with E-state index in [1.54, 1.807) is 4.31 Å². The van der Waals surface area contributed by atoms with E-state index in [-0.39, 0.29) is 5.75 Å². The molecular formula is C26H30N3O2S+. The first kappa shape index (κ1) is 21.2. The quantitative estimate of drug-likeness (QED) is 0.493. The van der Waals surface area contributed by atoms with Gasteiger partial charge in [-0.2, -0.15) is 4.31 Å². The number of fused-ring (bicyclic) bond motifs is 3. The van der Waals surface area contributed by atoms with Crippen molar-refractivity contribution in [1.82, 2.24) is 8.87 Å². The minimum atomic E-state index is -3.27. The molecule has 0 saturated carbocycles. The van der Waals surface area contributed by atoms with E-state index in [1.807, 2.05) is 30.3 Å². The summed E-state index contributed by atoms with van der Waals surface area (Å²) in [6.07, 6.45) is 0. The van der Waals surface area contributed by atoms with E-state index in [2.05, 4.69) is 54.0 Å². The molecule has 4 aromatic rings. The van der Waals surface area contributed by atoms with Crippen LogP contribution in [0.2, 0.25) is 0 Å². The maximum absolute atomic E-state index is 12.8. The Bertz CT molecular complexity index is 1340. The van der Waals surface area contributed by atoms with Crippen LogP contribution in [0, 0.1) is 0 Å². The molecule has 0 aliphatic carbocycles. The number of quaternary nitrogens is 1. The molecule has 0 unspecified atom stereocenters. The van der Waals surface area contributed by atoms with Crippen molar-refractivity contribution in [2.75, 3.05) is 26.2 Å². The van der Waals surface area contributed by atoms with E-state index in [9.17, 15) is 8.42 Å². The molecule has 5 nitrogen and oxygen atoms in total. The van der Waals surface area contributed by atoms with Gasteiger partial charge >= 0.3 is 0 Å². The van der Waals surface area contributed by atoms with Gasteiger partial charge in [-0.1, -0.05) is 54.6 Å². The van der Waals surface area contributed by atoms with Crippen molar-refractivity contribution in [1.29, 1.82) is 0 Å². The Labute approximate surface area is 189 Å². The van der Waals surface area contributed by atoms with E-state index in [4.69, 9.17) is 0 Å². The van der Waals surface area contributed by atoms with Crippen molar-refractivity contribution in [2.24, 2.45) is 0 Å². The van der Waals surface area contributed by atoms with Crippen molar-refractivity contribution < 1.29 is 13.3 Å². The lowest BCUT2D eigenvalue weighted by atomic mass is 10.1. The van der Waals surface area contributed by atoms with Gasteiger partial charge in [-0.05, 0) is 30.7 Å². The van der Waals surface area contributed by atoms with Gasteiger partial charge in [-0.3, -0.25) is 0 Å². The summed E-state index contributed by atoms with van der Waals surface area (Å²) < 4.78 is 29.7. The average molecular weight is 449 g/mol. The van der Waals surface area contributed by atoms with E-state index < -0.39 is 10.0 Å². The lowest BCUT2D eigenvalue weighted by Crippen LogP contribution is -3.13. The van der Waals surface area contributed by atoms with Gasteiger partial charge in [0, 0.05) is 33.9 Å². The summed E-state index contributed by atoms with van der Waals surface area (Å²) in [5.41, 5.74) is 4.73. The van der Waals surface area contributed by atoms with Gasteiger partial charge in [0.1, 0.15) is 6.54 Å². The standard InChI is InChI=1S/C26H29N3O2S/c1-2-29-25-11-7-6-10-23(25)24-18-22(12-13-26(24)29)19-27-14-16-28(17-15-27)32(30,31)20-21-8-4-3-5-9-21/h3-13,18H,2,14-17,19-20H2,1H3/p+1. The third-order valence-electron chi connectivity index (χ3n) is 6.62. The van der Waals surface area contributed by atoms with Gasteiger partial charge in [0.15, 0.2) is 0 Å². The number of rotatable bonds is 6. The Morgan fingerprint density at radius 3 is 2.25 bits per heavy atom. The highest BCUT2D eigenvalue weighted by Gasteiger charge is 2.29. The molecule has 0 spiro atoms. The number of piperazine rings is 1. The number of sulfonamides is 1. The van der Waals surface area contributed by atoms with Crippen LogP contribution in [0.1, 0.15) is 18.1 Å². The third-order valence-corrected chi connectivity index (χ3v) is 8.47. The highest BCUT2D eigenvalue weighted by atomic mass is 32.2. The summed E-state index contributed by atoms with van der Waals surface area (Å²) in [5.74, 6) is 0.0847. The molecular weight excluding hydrogens is 418 g/mol. The van der Waals surface area contributed by atoms with Crippen molar-refractivity contribution in [3.8, 4) is 0 Å². The summed E-state index contributed by atoms with van der Waals surface area (Å²) in [6.45, 7) is 6.91. The van der Waals surface area contributed by atoms with Crippen LogP contribution < -0.4 is 4.90 Å². The fourth-order valence-electron chi connectivity index (χ4n) is 4.97. The molecule has 0 atom stereocenters. The number of nitrogens with one attached hydrogen (secondary N) is 1. The molecule has 1 N–H and O–H groups in total. The molecule has 32 heavy (non-hydrogen) atoms. The number of hydrogen-bond donors (Lipinski definition) is 1. The zero-order chi connectivity index (χ0) is 22.1. The van der Waals surface area contributed by atoms with Crippen molar-refractivity contribution in [2.45, 2.75) is 25.8 Å². The average Bonchev–Trinajstić information content (AvgIpc) is 3.13. The Kier molecular flexibility index (Phi) is 5.76. The van der Waals surface area contributed by atoms with Crippen LogP contribution in [-0.2, 0) is 28.9 Å². The zero-order valence-electron chi connectivity index (χ0n) is 18.5. The van der Waals surface area contributed by atoms with E-state index in [1.165, 1.54) is 32.3 Å². The van der Waals surface area contributed by atoms with E-state index in [0.29, 0.717) is 13.1 Å². The SMILES string of the molecule is CCn1c2ccccc2c2cc(C[NH+]3CCN(S(=O)(=O)Cc4ccccc4)CC3)ccc21. The molecule has 1 fully saturated rings. The normalized spacial score (nSPS) is 16.2.